The molecule has 1 aromatic rings. The Bertz CT molecular complexity index is 379. The van der Waals surface area contributed by atoms with Crippen molar-refractivity contribution in [2.24, 2.45) is 0 Å². The fourth-order valence-electron chi connectivity index (χ4n) is 1.39. The molecule has 1 aromatic carbocycles. The molecule has 0 aliphatic heterocycles. The second-order valence-corrected chi connectivity index (χ2v) is 5.52. The summed E-state index contributed by atoms with van der Waals surface area (Å²) in [6, 6.07) is 4.63. The third kappa shape index (κ3) is 5.42. The van der Waals surface area contributed by atoms with E-state index in [1.54, 1.807) is 17.8 Å². The van der Waals surface area contributed by atoms with Crippen LogP contribution in [0, 0.1) is 0 Å². The van der Waals surface area contributed by atoms with Gasteiger partial charge < -0.3 is 10.1 Å². The topological polar surface area (TPSA) is 21.3 Å². The third-order valence-corrected chi connectivity index (χ3v) is 3.59. The van der Waals surface area contributed by atoms with Crippen LogP contribution in [-0.4, -0.2) is 24.7 Å². The lowest BCUT2D eigenvalue weighted by atomic mass is 10.2. The number of rotatable bonds is 7. The molecule has 1 rings (SSSR count). The van der Waals surface area contributed by atoms with Crippen LogP contribution < -0.4 is 10.1 Å². The maximum Gasteiger partial charge on any atom is 0.387 e. The van der Waals surface area contributed by atoms with Gasteiger partial charge in [-0.2, -0.15) is 20.5 Å². The molecule has 0 spiro atoms. The van der Waals surface area contributed by atoms with E-state index in [1.807, 2.05) is 6.26 Å². The first-order valence-electron chi connectivity index (χ1n) is 5.49. The maximum atomic E-state index is 12.2. The summed E-state index contributed by atoms with van der Waals surface area (Å²) in [6.07, 6.45) is 2.02. The van der Waals surface area contributed by atoms with E-state index in [-0.39, 0.29) is 5.75 Å². The van der Waals surface area contributed by atoms with E-state index >= 15 is 0 Å². The Morgan fingerprint density at radius 2 is 2.17 bits per heavy atom. The molecule has 0 radical (unpaired) electrons. The van der Waals surface area contributed by atoms with Crippen molar-refractivity contribution in [3.63, 3.8) is 0 Å². The molecule has 1 atom stereocenters. The smallest absolute Gasteiger partial charge is 0.387 e. The Labute approximate surface area is 115 Å². The van der Waals surface area contributed by atoms with Gasteiger partial charge in [-0.05, 0) is 24.5 Å². The largest absolute Gasteiger partial charge is 0.434 e. The Balaban J connectivity index is 2.64. The third-order valence-electron chi connectivity index (χ3n) is 2.39. The number of thioether (sulfide) groups is 1. The first-order chi connectivity index (χ1) is 8.52. The molecule has 0 saturated carbocycles. The number of hydrogen-bond donors (Lipinski definition) is 1. The fourth-order valence-corrected chi connectivity index (χ4v) is 1.87. The van der Waals surface area contributed by atoms with Gasteiger partial charge >= 0.3 is 6.61 Å². The van der Waals surface area contributed by atoms with E-state index in [0.717, 1.165) is 6.54 Å². The number of alkyl halides is 2. The minimum atomic E-state index is -2.82. The minimum Gasteiger partial charge on any atom is -0.434 e. The molecule has 0 fully saturated rings. The normalized spacial score (nSPS) is 12.8. The number of halogens is 3. The molecule has 18 heavy (non-hydrogen) atoms. The number of hydrogen-bond acceptors (Lipinski definition) is 3. The molecule has 2 nitrogen and oxygen atoms in total. The zero-order valence-corrected chi connectivity index (χ0v) is 11.8. The summed E-state index contributed by atoms with van der Waals surface area (Å²) in [4.78, 5) is 0. The van der Waals surface area contributed by atoms with Crippen LogP contribution in [0.3, 0.4) is 0 Å². The van der Waals surface area contributed by atoms with Crippen molar-refractivity contribution < 1.29 is 13.5 Å². The van der Waals surface area contributed by atoms with E-state index in [4.69, 9.17) is 11.6 Å². The molecular formula is C12H16ClF2NOS. The highest BCUT2D eigenvalue weighted by Gasteiger charge is 2.10. The second-order valence-electron chi connectivity index (χ2n) is 3.81. The van der Waals surface area contributed by atoms with Gasteiger partial charge in [-0.25, -0.2) is 0 Å². The number of ether oxygens (including phenoxy) is 1. The molecule has 1 N–H and O–H groups in total. The van der Waals surface area contributed by atoms with E-state index in [1.165, 1.54) is 12.1 Å². The minimum absolute atomic E-state index is 0.165. The summed E-state index contributed by atoms with van der Waals surface area (Å²) in [5, 5.41) is 4.16. The molecular weight excluding hydrogens is 280 g/mol. The summed E-state index contributed by atoms with van der Waals surface area (Å²) in [5.41, 5.74) is 0.635. The highest BCUT2D eigenvalue weighted by Crippen LogP contribution is 2.24. The Kier molecular flexibility index (Phi) is 6.75. The molecule has 0 amide bonds. The highest BCUT2D eigenvalue weighted by atomic mass is 35.5. The summed E-state index contributed by atoms with van der Waals surface area (Å²) in [5.74, 6) is 0.165. The van der Waals surface area contributed by atoms with Gasteiger partial charge in [0, 0.05) is 28.9 Å². The first-order valence-corrected chi connectivity index (χ1v) is 7.16. The van der Waals surface area contributed by atoms with Gasteiger partial charge in [-0.15, -0.1) is 0 Å². The predicted molar refractivity (Wildman–Crippen MR) is 72.8 cm³/mol. The molecule has 0 aromatic heterocycles. The van der Waals surface area contributed by atoms with E-state index < -0.39 is 6.61 Å². The lowest BCUT2D eigenvalue weighted by molar-refractivity contribution is -0.0504. The quantitative estimate of drug-likeness (QED) is 0.827. The highest BCUT2D eigenvalue weighted by molar-refractivity contribution is 7.99. The summed E-state index contributed by atoms with van der Waals surface area (Å²) in [6.45, 7) is 0.511. The SMILES string of the molecule is CSC(C)CNCc1cc(Cl)ccc1OC(F)F. The average Bonchev–Trinajstić information content (AvgIpc) is 2.31. The summed E-state index contributed by atoms with van der Waals surface area (Å²) in [7, 11) is 0. The number of benzene rings is 1. The van der Waals surface area contributed by atoms with Crippen molar-refractivity contribution in [1.82, 2.24) is 5.32 Å². The van der Waals surface area contributed by atoms with Gasteiger partial charge in [0.25, 0.3) is 0 Å². The van der Waals surface area contributed by atoms with Crippen molar-refractivity contribution >= 4 is 23.4 Å². The second kappa shape index (κ2) is 7.81. The molecule has 0 aliphatic carbocycles. The molecule has 0 aliphatic rings. The monoisotopic (exact) mass is 295 g/mol. The van der Waals surface area contributed by atoms with Crippen LogP contribution in [0.1, 0.15) is 12.5 Å². The van der Waals surface area contributed by atoms with Crippen LogP contribution >= 0.6 is 23.4 Å². The van der Waals surface area contributed by atoms with Gasteiger partial charge in [0.2, 0.25) is 0 Å². The van der Waals surface area contributed by atoms with Gasteiger partial charge in [0.15, 0.2) is 0 Å². The summed E-state index contributed by atoms with van der Waals surface area (Å²) >= 11 is 7.59. The van der Waals surface area contributed by atoms with Crippen LogP contribution in [0.4, 0.5) is 8.78 Å². The van der Waals surface area contributed by atoms with Gasteiger partial charge in [0.05, 0.1) is 0 Å². The zero-order valence-electron chi connectivity index (χ0n) is 10.3. The van der Waals surface area contributed by atoms with Gasteiger partial charge in [0.1, 0.15) is 5.75 Å². The fraction of sp³-hybridized carbons (Fsp3) is 0.500. The van der Waals surface area contributed by atoms with E-state index in [0.29, 0.717) is 22.4 Å². The molecule has 0 bridgehead atoms. The van der Waals surface area contributed by atoms with E-state index in [2.05, 4.69) is 17.0 Å². The Hall–Kier alpha value is -0.520. The van der Waals surface area contributed by atoms with Crippen LogP contribution in [0.15, 0.2) is 18.2 Å². The standard InChI is InChI=1S/C12H16ClF2NOS/c1-8(18-2)6-16-7-9-5-10(13)3-4-11(9)17-12(14)15/h3-5,8,12,16H,6-7H2,1-2H3. The molecule has 0 saturated heterocycles. The van der Waals surface area contributed by atoms with Gasteiger partial charge in [-0.3, -0.25) is 0 Å². The van der Waals surface area contributed by atoms with Crippen molar-refractivity contribution in [3.05, 3.63) is 28.8 Å². The average molecular weight is 296 g/mol. The zero-order chi connectivity index (χ0) is 13.5. The molecule has 102 valence electrons. The Morgan fingerprint density at radius 1 is 1.44 bits per heavy atom. The van der Waals surface area contributed by atoms with Crippen LogP contribution in [0.2, 0.25) is 5.02 Å². The Morgan fingerprint density at radius 3 is 2.78 bits per heavy atom. The lowest BCUT2D eigenvalue weighted by Gasteiger charge is -2.13. The van der Waals surface area contributed by atoms with Crippen molar-refractivity contribution in [2.75, 3.05) is 12.8 Å². The number of nitrogens with one attached hydrogen (secondary N) is 1. The van der Waals surface area contributed by atoms with E-state index in [9.17, 15) is 8.78 Å². The predicted octanol–water partition coefficient (Wildman–Crippen LogP) is 3.78. The van der Waals surface area contributed by atoms with Gasteiger partial charge in [-0.1, -0.05) is 18.5 Å². The molecule has 6 heteroatoms. The van der Waals surface area contributed by atoms with Crippen molar-refractivity contribution in [2.45, 2.75) is 25.3 Å². The summed E-state index contributed by atoms with van der Waals surface area (Å²) < 4.78 is 28.9. The lowest BCUT2D eigenvalue weighted by Crippen LogP contribution is -2.22. The van der Waals surface area contributed by atoms with Crippen molar-refractivity contribution in [1.29, 1.82) is 0 Å². The molecule has 1 unspecified atom stereocenters. The van der Waals surface area contributed by atoms with Crippen molar-refractivity contribution in [3.8, 4) is 5.75 Å². The van der Waals surface area contributed by atoms with Crippen LogP contribution in [0.5, 0.6) is 5.75 Å². The first kappa shape index (κ1) is 15.5. The molecule has 0 heterocycles. The van der Waals surface area contributed by atoms with Crippen LogP contribution in [-0.2, 0) is 6.54 Å². The van der Waals surface area contributed by atoms with Crippen LogP contribution in [0.25, 0.3) is 0 Å². The maximum absolute atomic E-state index is 12.2.